The summed E-state index contributed by atoms with van der Waals surface area (Å²) in [5.74, 6) is 0.656. The van der Waals surface area contributed by atoms with Crippen molar-refractivity contribution in [3.63, 3.8) is 0 Å². The van der Waals surface area contributed by atoms with Gasteiger partial charge in [0.2, 0.25) is 0 Å². The fourth-order valence-corrected chi connectivity index (χ4v) is 4.57. The van der Waals surface area contributed by atoms with Crippen molar-refractivity contribution < 1.29 is 9.50 Å². The van der Waals surface area contributed by atoms with Gasteiger partial charge in [-0.2, -0.15) is 0 Å². The highest BCUT2D eigenvalue weighted by Crippen LogP contribution is 2.36. The van der Waals surface area contributed by atoms with Gasteiger partial charge in [0.1, 0.15) is 10.5 Å². The Balaban J connectivity index is 1.89. The summed E-state index contributed by atoms with van der Waals surface area (Å²) in [7, 11) is 0. The molecule has 0 amide bonds. The number of thioether (sulfide) groups is 1. The molecule has 0 saturated heterocycles. The first-order chi connectivity index (χ1) is 13.4. The van der Waals surface area contributed by atoms with Gasteiger partial charge < -0.3 is 10.4 Å². The molecule has 0 unspecified atom stereocenters. The highest BCUT2D eigenvalue weighted by atomic mass is 35.5. The molecule has 0 bridgehead atoms. The van der Waals surface area contributed by atoms with Gasteiger partial charge in [-0.1, -0.05) is 48.5 Å². The number of hydrogen-bond donors (Lipinski definition) is 2. The number of nitrogens with one attached hydrogen (secondary N) is 1. The normalized spacial score (nSPS) is 13.8. The maximum atomic E-state index is 13.1. The molecule has 0 aliphatic rings. The topological polar surface area (TPSA) is 83.8 Å². The number of thiazole rings is 1. The zero-order valence-electron chi connectivity index (χ0n) is 15.7. The Hall–Kier alpha value is -1.55. The van der Waals surface area contributed by atoms with Gasteiger partial charge in [0, 0.05) is 0 Å². The minimum Gasteiger partial charge on any atom is -0.394 e. The van der Waals surface area contributed by atoms with E-state index in [2.05, 4.69) is 39.1 Å². The first-order valence-corrected chi connectivity index (χ1v) is 10.9. The SMILES string of the molecule is CC(C)C[C@H](CO)Nc1nc(S[C@@H](C)c2ccc(F)cn2)nc2nc(Cl)sc12. The van der Waals surface area contributed by atoms with E-state index in [1.54, 1.807) is 6.07 Å². The highest BCUT2D eigenvalue weighted by molar-refractivity contribution is 7.99. The van der Waals surface area contributed by atoms with Gasteiger partial charge >= 0.3 is 0 Å². The van der Waals surface area contributed by atoms with Gasteiger partial charge in [0.25, 0.3) is 0 Å². The summed E-state index contributed by atoms with van der Waals surface area (Å²) in [6.07, 6.45) is 1.99. The summed E-state index contributed by atoms with van der Waals surface area (Å²) in [6.45, 7) is 6.15. The quantitative estimate of drug-likeness (QED) is 0.378. The predicted octanol–water partition coefficient (Wildman–Crippen LogP) is 4.95. The number of anilines is 1. The van der Waals surface area contributed by atoms with Crippen LogP contribution in [0, 0.1) is 11.7 Å². The number of nitrogens with zero attached hydrogens (tertiary/aromatic N) is 4. The number of fused-ring (bicyclic) bond motifs is 1. The molecule has 28 heavy (non-hydrogen) atoms. The van der Waals surface area contributed by atoms with Crippen molar-refractivity contribution in [2.75, 3.05) is 11.9 Å². The average Bonchev–Trinajstić information content (AvgIpc) is 3.01. The summed E-state index contributed by atoms with van der Waals surface area (Å²) in [5, 5.41) is 13.5. The van der Waals surface area contributed by atoms with E-state index in [1.165, 1.54) is 35.4 Å². The van der Waals surface area contributed by atoms with Crippen molar-refractivity contribution in [3.8, 4) is 0 Å². The van der Waals surface area contributed by atoms with Gasteiger partial charge in [-0.15, -0.1) is 0 Å². The lowest BCUT2D eigenvalue weighted by molar-refractivity contribution is 0.259. The highest BCUT2D eigenvalue weighted by Gasteiger charge is 2.19. The third kappa shape index (κ3) is 5.28. The van der Waals surface area contributed by atoms with Crippen LogP contribution in [0.15, 0.2) is 23.5 Å². The van der Waals surface area contributed by atoms with Crippen LogP contribution in [0.5, 0.6) is 0 Å². The van der Waals surface area contributed by atoms with Crippen molar-refractivity contribution in [1.82, 2.24) is 19.9 Å². The van der Waals surface area contributed by atoms with E-state index in [9.17, 15) is 9.50 Å². The molecule has 2 atom stereocenters. The van der Waals surface area contributed by atoms with Crippen LogP contribution in [0.3, 0.4) is 0 Å². The Kier molecular flexibility index (Phi) is 7.03. The largest absolute Gasteiger partial charge is 0.394 e. The lowest BCUT2D eigenvalue weighted by Crippen LogP contribution is -2.26. The summed E-state index contributed by atoms with van der Waals surface area (Å²) in [5.41, 5.74) is 1.24. The van der Waals surface area contributed by atoms with Gasteiger partial charge in [0.15, 0.2) is 21.1 Å². The number of halogens is 2. The van der Waals surface area contributed by atoms with Crippen LogP contribution in [0.4, 0.5) is 10.2 Å². The number of aromatic nitrogens is 4. The maximum absolute atomic E-state index is 13.1. The van der Waals surface area contributed by atoms with Crippen LogP contribution in [-0.4, -0.2) is 37.7 Å². The molecule has 3 aromatic rings. The number of aliphatic hydroxyl groups is 1. The summed E-state index contributed by atoms with van der Waals surface area (Å²) >= 11 is 8.79. The Bertz CT molecular complexity index is 938. The van der Waals surface area contributed by atoms with Gasteiger partial charge in [0.05, 0.1) is 29.8 Å². The molecule has 0 fully saturated rings. The molecule has 3 heterocycles. The molecule has 0 aliphatic carbocycles. The summed E-state index contributed by atoms with van der Waals surface area (Å²) in [4.78, 5) is 17.5. The van der Waals surface area contributed by atoms with E-state index in [1.807, 2.05) is 6.92 Å². The van der Waals surface area contributed by atoms with Crippen LogP contribution < -0.4 is 5.32 Å². The molecule has 3 rings (SSSR count). The molecule has 3 aromatic heterocycles. The lowest BCUT2D eigenvalue weighted by Gasteiger charge is -2.19. The van der Waals surface area contributed by atoms with Crippen LogP contribution >= 0.6 is 34.7 Å². The molecule has 0 spiro atoms. The number of pyridine rings is 1. The van der Waals surface area contributed by atoms with E-state index < -0.39 is 0 Å². The third-order valence-electron chi connectivity index (χ3n) is 3.97. The summed E-state index contributed by atoms with van der Waals surface area (Å²) in [6, 6.07) is 2.90. The second-order valence-corrected chi connectivity index (χ2v) is 9.68. The van der Waals surface area contributed by atoms with Crippen LogP contribution in [-0.2, 0) is 0 Å². The third-order valence-corrected chi connectivity index (χ3v) is 6.12. The van der Waals surface area contributed by atoms with Crippen molar-refractivity contribution >= 4 is 50.9 Å². The van der Waals surface area contributed by atoms with Crippen molar-refractivity contribution in [3.05, 3.63) is 34.3 Å². The number of hydrogen-bond acceptors (Lipinski definition) is 8. The fourth-order valence-electron chi connectivity index (χ4n) is 2.72. The Morgan fingerprint density at radius 2 is 2.04 bits per heavy atom. The molecule has 2 N–H and O–H groups in total. The zero-order valence-corrected chi connectivity index (χ0v) is 18.1. The Labute approximate surface area is 176 Å². The second kappa shape index (κ2) is 9.30. The smallest absolute Gasteiger partial charge is 0.192 e. The van der Waals surface area contributed by atoms with Crippen LogP contribution in [0.25, 0.3) is 10.3 Å². The van der Waals surface area contributed by atoms with Gasteiger partial charge in [-0.05, 0) is 31.4 Å². The minimum absolute atomic E-state index is 0.00537. The van der Waals surface area contributed by atoms with E-state index in [4.69, 9.17) is 11.6 Å². The van der Waals surface area contributed by atoms with Crippen molar-refractivity contribution in [2.24, 2.45) is 5.92 Å². The van der Waals surface area contributed by atoms with Crippen LogP contribution in [0.1, 0.15) is 38.1 Å². The molecule has 10 heteroatoms. The average molecular weight is 442 g/mol. The fraction of sp³-hybridized carbons (Fsp3) is 0.444. The van der Waals surface area contributed by atoms with E-state index >= 15 is 0 Å². The van der Waals surface area contributed by atoms with Crippen LogP contribution in [0.2, 0.25) is 4.47 Å². The monoisotopic (exact) mass is 441 g/mol. The van der Waals surface area contributed by atoms with E-state index in [0.29, 0.717) is 27.0 Å². The molecule has 0 aromatic carbocycles. The molecular formula is C18H21ClFN5OS2. The maximum Gasteiger partial charge on any atom is 0.192 e. The van der Waals surface area contributed by atoms with Crippen molar-refractivity contribution in [1.29, 1.82) is 0 Å². The Morgan fingerprint density at radius 1 is 1.25 bits per heavy atom. The van der Waals surface area contributed by atoms with Gasteiger partial charge in [-0.25, -0.2) is 19.3 Å². The van der Waals surface area contributed by atoms with Crippen molar-refractivity contribution in [2.45, 2.75) is 43.6 Å². The molecule has 6 nitrogen and oxygen atoms in total. The minimum atomic E-state index is -0.373. The second-order valence-electron chi connectivity index (χ2n) is 6.79. The first-order valence-electron chi connectivity index (χ1n) is 8.85. The molecule has 0 aliphatic heterocycles. The summed E-state index contributed by atoms with van der Waals surface area (Å²) < 4.78 is 14.2. The lowest BCUT2D eigenvalue weighted by atomic mass is 10.0. The molecular weight excluding hydrogens is 421 g/mol. The molecule has 150 valence electrons. The standard InChI is InChI=1S/C18H21ClFN5OS2/c1-9(2)6-12(8-26)22-15-14-16(23-17(19)28-14)25-18(24-15)27-10(3)13-5-4-11(20)7-21-13/h4-5,7,9-10,12,26H,6,8H2,1-3H3,(H,22,24,25)/t10-,12+/m0/s1. The number of rotatable bonds is 8. The molecule has 0 saturated carbocycles. The predicted molar refractivity (Wildman–Crippen MR) is 113 cm³/mol. The Morgan fingerprint density at radius 3 is 2.68 bits per heavy atom. The zero-order chi connectivity index (χ0) is 20.3. The van der Waals surface area contributed by atoms with E-state index in [0.717, 1.165) is 16.8 Å². The van der Waals surface area contributed by atoms with E-state index in [-0.39, 0.29) is 23.7 Å². The first kappa shape index (κ1) is 21.2. The van der Waals surface area contributed by atoms with Gasteiger partial charge in [-0.3, -0.25) is 4.98 Å². The molecule has 0 radical (unpaired) electrons. The number of aliphatic hydroxyl groups excluding tert-OH is 1.